The van der Waals surface area contributed by atoms with E-state index in [1.54, 1.807) is 11.8 Å². The number of nitrogens with one attached hydrogen (secondary N) is 1. The molecule has 0 aliphatic carbocycles. The van der Waals surface area contributed by atoms with Gasteiger partial charge in [-0.05, 0) is 33.7 Å². The van der Waals surface area contributed by atoms with Crippen LogP contribution in [0.1, 0.15) is 34.1 Å². The van der Waals surface area contributed by atoms with Crippen LogP contribution in [0.3, 0.4) is 0 Å². The second kappa shape index (κ2) is 8.06. The van der Waals surface area contributed by atoms with Crippen molar-refractivity contribution in [2.45, 2.75) is 40.2 Å². The zero-order valence-corrected chi connectivity index (χ0v) is 11.3. The van der Waals surface area contributed by atoms with Crippen LogP contribution >= 0.6 is 0 Å². The molecule has 0 aliphatic rings. The third kappa shape index (κ3) is 5.17. The van der Waals surface area contributed by atoms with Gasteiger partial charge in [-0.3, -0.25) is 9.59 Å². The minimum Gasteiger partial charge on any atom is -0.344 e. The lowest BCUT2D eigenvalue weighted by Gasteiger charge is -2.24. The fourth-order valence-corrected chi connectivity index (χ4v) is 1.61. The number of carbonyl (C=O) groups is 2. The molecule has 0 fully saturated rings. The number of carbonyl (C=O) groups excluding carboxylic acids is 2. The molecule has 0 radical (unpaired) electrons. The quantitative estimate of drug-likeness (QED) is 0.677. The second-order valence-corrected chi connectivity index (χ2v) is 4.22. The van der Waals surface area contributed by atoms with E-state index in [-0.39, 0.29) is 17.7 Å². The molecular weight excluding hydrogens is 218 g/mol. The highest BCUT2D eigenvalue weighted by Gasteiger charge is 2.21. The third-order valence-corrected chi connectivity index (χ3v) is 2.85. The monoisotopic (exact) mass is 243 g/mol. The Morgan fingerprint density at radius 3 is 2.18 bits per heavy atom. The predicted octanol–water partition coefficient (Wildman–Crippen LogP) is 0.344. The Kier molecular flexibility index (Phi) is 7.54. The highest BCUT2D eigenvalue weighted by atomic mass is 16.2. The minimum atomic E-state index is -0.470. The SMILES string of the molecule is CCN(CC)C(=O)C(C)NC(=O)C(C)CCN. The van der Waals surface area contributed by atoms with Crippen molar-refractivity contribution in [1.82, 2.24) is 10.2 Å². The fourth-order valence-electron chi connectivity index (χ4n) is 1.61. The van der Waals surface area contributed by atoms with E-state index >= 15 is 0 Å². The molecule has 2 unspecified atom stereocenters. The number of likely N-dealkylation sites (N-methyl/N-ethyl adjacent to an activating group) is 1. The van der Waals surface area contributed by atoms with Gasteiger partial charge >= 0.3 is 0 Å². The molecule has 17 heavy (non-hydrogen) atoms. The van der Waals surface area contributed by atoms with Crippen molar-refractivity contribution in [2.24, 2.45) is 11.7 Å². The van der Waals surface area contributed by atoms with Gasteiger partial charge in [-0.1, -0.05) is 6.92 Å². The molecule has 0 saturated carbocycles. The molecule has 3 N–H and O–H groups in total. The summed E-state index contributed by atoms with van der Waals surface area (Å²) in [7, 11) is 0. The summed E-state index contributed by atoms with van der Waals surface area (Å²) < 4.78 is 0. The first kappa shape index (κ1) is 15.9. The molecule has 0 heterocycles. The van der Waals surface area contributed by atoms with Gasteiger partial charge in [0.25, 0.3) is 0 Å². The largest absolute Gasteiger partial charge is 0.344 e. The van der Waals surface area contributed by atoms with Gasteiger partial charge in [0.2, 0.25) is 11.8 Å². The van der Waals surface area contributed by atoms with E-state index in [0.29, 0.717) is 26.1 Å². The highest BCUT2D eigenvalue weighted by Crippen LogP contribution is 2.02. The predicted molar refractivity (Wildman–Crippen MR) is 68.4 cm³/mol. The first-order chi connectivity index (χ1) is 7.97. The smallest absolute Gasteiger partial charge is 0.244 e. The van der Waals surface area contributed by atoms with E-state index in [2.05, 4.69) is 5.32 Å². The Hall–Kier alpha value is -1.10. The standard InChI is InChI=1S/C12H25N3O2/c1-5-15(6-2)12(17)10(4)14-11(16)9(3)7-8-13/h9-10H,5-8,13H2,1-4H3,(H,14,16). The number of hydrogen-bond donors (Lipinski definition) is 2. The Balaban J connectivity index is 4.28. The van der Waals surface area contributed by atoms with Crippen molar-refractivity contribution in [3.63, 3.8) is 0 Å². The number of nitrogens with two attached hydrogens (primary N) is 1. The summed E-state index contributed by atoms with van der Waals surface area (Å²) in [5.41, 5.74) is 5.39. The molecule has 0 bridgehead atoms. The van der Waals surface area contributed by atoms with E-state index in [4.69, 9.17) is 5.73 Å². The van der Waals surface area contributed by atoms with Crippen LogP contribution in [0.4, 0.5) is 0 Å². The topological polar surface area (TPSA) is 75.4 Å². The number of nitrogens with zero attached hydrogens (tertiary/aromatic N) is 1. The Bertz CT molecular complexity index is 252. The number of amides is 2. The van der Waals surface area contributed by atoms with Crippen LogP contribution in [0.25, 0.3) is 0 Å². The third-order valence-electron chi connectivity index (χ3n) is 2.85. The van der Waals surface area contributed by atoms with E-state index in [1.807, 2.05) is 20.8 Å². The maximum absolute atomic E-state index is 11.9. The van der Waals surface area contributed by atoms with Crippen molar-refractivity contribution in [3.8, 4) is 0 Å². The van der Waals surface area contributed by atoms with Gasteiger partial charge in [-0.2, -0.15) is 0 Å². The molecule has 0 aromatic carbocycles. The highest BCUT2D eigenvalue weighted by molar-refractivity contribution is 5.88. The van der Waals surface area contributed by atoms with Gasteiger partial charge in [0.1, 0.15) is 6.04 Å². The summed E-state index contributed by atoms with van der Waals surface area (Å²) in [6.45, 7) is 9.18. The lowest BCUT2D eigenvalue weighted by Crippen LogP contribution is -2.48. The van der Waals surface area contributed by atoms with Crippen molar-refractivity contribution in [1.29, 1.82) is 0 Å². The number of rotatable bonds is 7. The van der Waals surface area contributed by atoms with E-state index in [1.165, 1.54) is 0 Å². The Morgan fingerprint density at radius 2 is 1.76 bits per heavy atom. The molecule has 0 rings (SSSR count). The lowest BCUT2D eigenvalue weighted by molar-refractivity contribution is -0.136. The van der Waals surface area contributed by atoms with Crippen molar-refractivity contribution >= 4 is 11.8 Å². The zero-order chi connectivity index (χ0) is 13.4. The summed E-state index contributed by atoms with van der Waals surface area (Å²) in [6.07, 6.45) is 0.637. The first-order valence-corrected chi connectivity index (χ1v) is 6.27. The van der Waals surface area contributed by atoms with Gasteiger partial charge in [-0.25, -0.2) is 0 Å². The second-order valence-electron chi connectivity index (χ2n) is 4.22. The summed E-state index contributed by atoms with van der Waals surface area (Å²) in [4.78, 5) is 25.3. The summed E-state index contributed by atoms with van der Waals surface area (Å²) in [6, 6.07) is -0.470. The average molecular weight is 243 g/mol. The fraction of sp³-hybridized carbons (Fsp3) is 0.833. The van der Waals surface area contributed by atoms with Gasteiger partial charge in [-0.15, -0.1) is 0 Å². The zero-order valence-electron chi connectivity index (χ0n) is 11.3. The van der Waals surface area contributed by atoms with Crippen LogP contribution in [0, 0.1) is 5.92 Å². The van der Waals surface area contributed by atoms with Crippen LogP contribution in [-0.2, 0) is 9.59 Å². The summed E-state index contributed by atoms with van der Waals surface area (Å²) >= 11 is 0. The van der Waals surface area contributed by atoms with Gasteiger partial charge < -0.3 is 16.0 Å². The van der Waals surface area contributed by atoms with Gasteiger partial charge in [0, 0.05) is 19.0 Å². The maximum atomic E-state index is 11.9. The lowest BCUT2D eigenvalue weighted by atomic mass is 10.1. The van der Waals surface area contributed by atoms with Crippen molar-refractivity contribution in [2.75, 3.05) is 19.6 Å². The van der Waals surface area contributed by atoms with Crippen LogP contribution in [0.15, 0.2) is 0 Å². The molecule has 0 aromatic rings. The summed E-state index contributed by atoms with van der Waals surface area (Å²) in [5, 5.41) is 2.73. The van der Waals surface area contributed by atoms with E-state index in [9.17, 15) is 9.59 Å². The molecule has 2 amide bonds. The molecule has 0 spiro atoms. The molecule has 2 atom stereocenters. The van der Waals surface area contributed by atoms with Crippen LogP contribution in [0.5, 0.6) is 0 Å². The average Bonchev–Trinajstić information content (AvgIpc) is 2.30. The number of hydrogen-bond acceptors (Lipinski definition) is 3. The molecule has 0 aromatic heterocycles. The van der Waals surface area contributed by atoms with Crippen molar-refractivity contribution in [3.05, 3.63) is 0 Å². The molecule has 5 nitrogen and oxygen atoms in total. The molecular formula is C12H25N3O2. The van der Waals surface area contributed by atoms with Crippen molar-refractivity contribution < 1.29 is 9.59 Å². The Morgan fingerprint density at radius 1 is 1.24 bits per heavy atom. The van der Waals surface area contributed by atoms with Crippen LogP contribution in [0.2, 0.25) is 0 Å². The molecule has 5 heteroatoms. The minimum absolute atomic E-state index is 0.0386. The summed E-state index contributed by atoms with van der Waals surface area (Å²) in [5.74, 6) is -0.293. The maximum Gasteiger partial charge on any atom is 0.244 e. The molecule has 100 valence electrons. The van der Waals surface area contributed by atoms with Gasteiger partial charge in [0.05, 0.1) is 0 Å². The van der Waals surface area contributed by atoms with Gasteiger partial charge in [0.15, 0.2) is 0 Å². The van der Waals surface area contributed by atoms with E-state index < -0.39 is 6.04 Å². The normalized spacial score (nSPS) is 13.9. The molecule has 0 aliphatic heterocycles. The first-order valence-electron chi connectivity index (χ1n) is 6.27. The van der Waals surface area contributed by atoms with E-state index in [0.717, 1.165) is 0 Å². The molecule has 0 saturated heterocycles. The van der Waals surface area contributed by atoms with Crippen LogP contribution in [-0.4, -0.2) is 42.4 Å². The Labute approximate surface area is 104 Å². The van der Waals surface area contributed by atoms with Crippen LogP contribution < -0.4 is 11.1 Å².